The molecule has 0 amide bonds. The van der Waals surface area contributed by atoms with Gasteiger partial charge in [-0.05, 0) is 41.7 Å². The number of hydrogen-bond donors (Lipinski definition) is 0. The fourth-order valence-electron chi connectivity index (χ4n) is 1.82. The summed E-state index contributed by atoms with van der Waals surface area (Å²) >= 11 is 1.73. The van der Waals surface area contributed by atoms with E-state index in [0.717, 1.165) is 24.8 Å². The first-order valence-corrected chi connectivity index (χ1v) is 6.90. The Morgan fingerprint density at radius 1 is 1.06 bits per heavy atom. The van der Waals surface area contributed by atoms with Gasteiger partial charge >= 0.3 is 0 Å². The van der Waals surface area contributed by atoms with Crippen LogP contribution in [-0.2, 0) is 6.42 Å². The van der Waals surface area contributed by atoms with Crippen LogP contribution < -0.4 is 0 Å². The van der Waals surface area contributed by atoms with Crippen molar-refractivity contribution in [2.75, 3.05) is 0 Å². The van der Waals surface area contributed by atoms with Gasteiger partial charge in [0.05, 0.1) is 0 Å². The average Bonchev–Trinajstić information content (AvgIpc) is 2.88. The third kappa shape index (κ3) is 3.82. The molecule has 0 aliphatic rings. The van der Waals surface area contributed by atoms with E-state index in [2.05, 4.69) is 16.8 Å². The number of ketones is 1. The van der Waals surface area contributed by atoms with Crippen LogP contribution in [0.2, 0.25) is 0 Å². The average molecular weight is 244 g/mol. The van der Waals surface area contributed by atoms with Gasteiger partial charge in [-0.1, -0.05) is 30.3 Å². The fraction of sp³-hybridized carbons (Fsp3) is 0.267. The molecule has 0 saturated carbocycles. The van der Waals surface area contributed by atoms with Gasteiger partial charge in [-0.15, -0.1) is 0 Å². The predicted molar refractivity (Wildman–Crippen MR) is 72.6 cm³/mol. The summed E-state index contributed by atoms with van der Waals surface area (Å²) in [4.78, 5) is 11.8. The summed E-state index contributed by atoms with van der Waals surface area (Å²) in [5.74, 6) is 0.260. The highest BCUT2D eigenvalue weighted by Gasteiger charge is 2.04. The molecule has 1 aromatic heterocycles. The molecule has 1 nitrogen and oxygen atoms in total. The van der Waals surface area contributed by atoms with Crippen LogP contribution in [0.4, 0.5) is 0 Å². The third-order valence-electron chi connectivity index (χ3n) is 2.80. The number of thiophene rings is 1. The van der Waals surface area contributed by atoms with E-state index < -0.39 is 0 Å². The zero-order valence-electron chi connectivity index (χ0n) is 9.76. The minimum absolute atomic E-state index is 0.260. The van der Waals surface area contributed by atoms with E-state index in [1.807, 2.05) is 30.3 Å². The van der Waals surface area contributed by atoms with Crippen LogP contribution in [0.15, 0.2) is 47.2 Å². The van der Waals surface area contributed by atoms with E-state index >= 15 is 0 Å². The molecule has 0 radical (unpaired) electrons. The monoisotopic (exact) mass is 244 g/mol. The largest absolute Gasteiger partial charge is 0.294 e. The lowest BCUT2D eigenvalue weighted by atomic mass is 10.0. The van der Waals surface area contributed by atoms with Crippen molar-refractivity contribution < 1.29 is 4.79 Å². The molecule has 0 aliphatic heterocycles. The van der Waals surface area contributed by atoms with Crippen molar-refractivity contribution in [2.45, 2.75) is 25.7 Å². The molecule has 1 aromatic carbocycles. The quantitative estimate of drug-likeness (QED) is 0.545. The molecule has 0 fully saturated rings. The summed E-state index contributed by atoms with van der Waals surface area (Å²) in [6, 6.07) is 11.7. The van der Waals surface area contributed by atoms with Gasteiger partial charge in [0.15, 0.2) is 5.78 Å². The van der Waals surface area contributed by atoms with E-state index in [4.69, 9.17) is 0 Å². The van der Waals surface area contributed by atoms with Gasteiger partial charge in [0, 0.05) is 12.0 Å². The third-order valence-corrected chi connectivity index (χ3v) is 3.53. The molecule has 0 aliphatic carbocycles. The Bertz CT molecular complexity index is 445. The van der Waals surface area contributed by atoms with Crippen molar-refractivity contribution in [3.05, 3.63) is 58.3 Å². The number of hydrogen-bond acceptors (Lipinski definition) is 2. The van der Waals surface area contributed by atoms with E-state index in [1.54, 1.807) is 11.3 Å². The van der Waals surface area contributed by atoms with Gasteiger partial charge in [0.2, 0.25) is 0 Å². The second-order valence-corrected chi connectivity index (χ2v) is 4.91. The summed E-state index contributed by atoms with van der Waals surface area (Å²) in [5.41, 5.74) is 2.23. The molecular weight excluding hydrogens is 228 g/mol. The Balaban J connectivity index is 1.70. The standard InChI is InChI=1S/C15H16OS/c16-15(14-7-2-1-3-8-14)9-5-4-6-13-10-11-17-12-13/h1-3,7-8,10-12H,4-6,9H2. The van der Waals surface area contributed by atoms with Crippen LogP contribution in [0, 0.1) is 0 Å². The summed E-state index contributed by atoms with van der Waals surface area (Å²) in [7, 11) is 0. The van der Waals surface area contributed by atoms with Crippen LogP contribution in [0.3, 0.4) is 0 Å². The summed E-state index contributed by atoms with van der Waals surface area (Å²) in [5, 5.41) is 4.28. The number of rotatable bonds is 6. The second kappa shape index (κ2) is 6.36. The highest BCUT2D eigenvalue weighted by molar-refractivity contribution is 7.07. The molecular formula is C15H16OS. The summed E-state index contributed by atoms with van der Waals surface area (Å²) < 4.78 is 0. The Hall–Kier alpha value is -1.41. The first kappa shape index (κ1) is 12.1. The smallest absolute Gasteiger partial charge is 0.162 e. The van der Waals surface area contributed by atoms with E-state index in [-0.39, 0.29) is 5.78 Å². The Morgan fingerprint density at radius 3 is 2.59 bits per heavy atom. The number of carbonyl (C=O) groups is 1. The van der Waals surface area contributed by atoms with Crippen LogP contribution in [0.1, 0.15) is 35.2 Å². The molecule has 0 saturated heterocycles. The number of carbonyl (C=O) groups excluding carboxylic acids is 1. The highest BCUT2D eigenvalue weighted by atomic mass is 32.1. The minimum Gasteiger partial charge on any atom is -0.294 e. The van der Waals surface area contributed by atoms with Gasteiger partial charge in [-0.3, -0.25) is 4.79 Å². The first-order valence-electron chi connectivity index (χ1n) is 5.95. The molecule has 17 heavy (non-hydrogen) atoms. The van der Waals surface area contributed by atoms with Crippen LogP contribution in [0.25, 0.3) is 0 Å². The SMILES string of the molecule is O=C(CCCCc1ccsc1)c1ccccc1. The van der Waals surface area contributed by atoms with Gasteiger partial charge < -0.3 is 0 Å². The lowest BCUT2D eigenvalue weighted by molar-refractivity contribution is 0.0979. The van der Waals surface area contributed by atoms with Crippen LogP contribution in [-0.4, -0.2) is 5.78 Å². The molecule has 0 atom stereocenters. The van der Waals surface area contributed by atoms with Crippen molar-refractivity contribution >= 4 is 17.1 Å². The fourth-order valence-corrected chi connectivity index (χ4v) is 2.52. The van der Waals surface area contributed by atoms with Gasteiger partial charge in [0.25, 0.3) is 0 Å². The van der Waals surface area contributed by atoms with Crippen molar-refractivity contribution in [1.82, 2.24) is 0 Å². The Morgan fingerprint density at radius 2 is 1.88 bits per heavy atom. The zero-order chi connectivity index (χ0) is 11.9. The van der Waals surface area contributed by atoms with Crippen molar-refractivity contribution in [3.63, 3.8) is 0 Å². The van der Waals surface area contributed by atoms with Gasteiger partial charge in [0.1, 0.15) is 0 Å². The molecule has 88 valence electrons. The molecule has 1 heterocycles. The van der Waals surface area contributed by atoms with E-state index in [1.165, 1.54) is 5.56 Å². The summed E-state index contributed by atoms with van der Waals surface area (Å²) in [6.07, 6.45) is 3.82. The number of aryl methyl sites for hydroxylation is 1. The maximum Gasteiger partial charge on any atom is 0.162 e. The van der Waals surface area contributed by atoms with Crippen molar-refractivity contribution in [2.24, 2.45) is 0 Å². The molecule has 0 unspecified atom stereocenters. The maximum absolute atomic E-state index is 11.8. The first-order chi connectivity index (χ1) is 8.36. The molecule has 0 bridgehead atoms. The zero-order valence-corrected chi connectivity index (χ0v) is 10.6. The predicted octanol–water partition coefficient (Wildman–Crippen LogP) is 4.34. The van der Waals surface area contributed by atoms with Crippen LogP contribution in [0.5, 0.6) is 0 Å². The minimum atomic E-state index is 0.260. The van der Waals surface area contributed by atoms with Gasteiger partial charge in [-0.25, -0.2) is 0 Å². The number of unbranched alkanes of at least 4 members (excludes halogenated alkanes) is 1. The lowest BCUT2D eigenvalue weighted by Crippen LogP contribution is -1.98. The Kier molecular flexibility index (Phi) is 4.51. The molecule has 2 rings (SSSR count). The van der Waals surface area contributed by atoms with Gasteiger partial charge in [-0.2, -0.15) is 11.3 Å². The normalized spacial score (nSPS) is 10.4. The van der Waals surface area contributed by atoms with E-state index in [0.29, 0.717) is 6.42 Å². The number of Topliss-reactive ketones (excluding diaryl/α,β-unsaturated/α-hetero) is 1. The number of benzene rings is 1. The lowest BCUT2D eigenvalue weighted by Gasteiger charge is -2.00. The van der Waals surface area contributed by atoms with E-state index in [9.17, 15) is 4.79 Å². The van der Waals surface area contributed by atoms with Crippen LogP contribution >= 0.6 is 11.3 Å². The van der Waals surface area contributed by atoms with Crippen molar-refractivity contribution in [3.8, 4) is 0 Å². The van der Waals surface area contributed by atoms with Crippen molar-refractivity contribution in [1.29, 1.82) is 0 Å². The molecule has 0 spiro atoms. The second-order valence-electron chi connectivity index (χ2n) is 4.13. The Labute approximate surface area is 106 Å². The topological polar surface area (TPSA) is 17.1 Å². The maximum atomic E-state index is 11.8. The highest BCUT2D eigenvalue weighted by Crippen LogP contribution is 2.12. The molecule has 2 aromatic rings. The molecule has 2 heteroatoms. The molecule has 0 N–H and O–H groups in total. The summed E-state index contributed by atoms with van der Waals surface area (Å²) in [6.45, 7) is 0.